The first kappa shape index (κ1) is 20.9. The average Bonchev–Trinajstić information content (AvgIpc) is 3.50. The zero-order chi connectivity index (χ0) is 22.8. The highest BCUT2D eigenvalue weighted by Crippen LogP contribution is 2.25. The zero-order valence-electron chi connectivity index (χ0n) is 17.6. The topological polar surface area (TPSA) is 64.3 Å². The summed E-state index contributed by atoms with van der Waals surface area (Å²) in [6.45, 7) is 2.34. The molecule has 1 saturated heterocycles. The number of ether oxygens (including phenoxy) is 1. The number of anilines is 2. The summed E-state index contributed by atoms with van der Waals surface area (Å²) in [5, 5.41) is 7.10. The Balaban J connectivity index is 1.44. The summed E-state index contributed by atoms with van der Waals surface area (Å²) in [7, 11) is 0. The van der Waals surface area contributed by atoms with Crippen LogP contribution in [0.5, 0.6) is 0 Å². The van der Waals surface area contributed by atoms with Crippen LogP contribution in [-0.2, 0) is 4.74 Å². The van der Waals surface area contributed by atoms with Crippen molar-refractivity contribution in [3.05, 3.63) is 90.4 Å². The minimum atomic E-state index is -0.439. The third-order valence-corrected chi connectivity index (χ3v) is 5.47. The number of nitrogens with one attached hydrogen (secondary N) is 1. The van der Waals surface area contributed by atoms with Crippen LogP contribution in [0.15, 0.2) is 73.2 Å². The molecule has 1 fully saturated rings. The second-order valence-corrected chi connectivity index (χ2v) is 7.58. The molecule has 4 aromatic rings. The average molecular weight is 449 g/mol. The van der Waals surface area contributed by atoms with Gasteiger partial charge in [0.2, 0.25) is 0 Å². The normalized spacial score (nSPS) is 13.8. The van der Waals surface area contributed by atoms with Gasteiger partial charge in [-0.1, -0.05) is 0 Å². The second kappa shape index (κ2) is 8.87. The van der Waals surface area contributed by atoms with Crippen molar-refractivity contribution in [3.8, 4) is 11.5 Å². The molecule has 1 aliphatic rings. The van der Waals surface area contributed by atoms with Crippen LogP contribution >= 0.6 is 0 Å². The van der Waals surface area contributed by atoms with Gasteiger partial charge in [-0.3, -0.25) is 4.79 Å². The molecule has 1 amide bonds. The molecule has 0 saturated carbocycles. The fraction of sp³-hybridized carbons (Fsp3) is 0.167. The van der Waals surface area contributed by atoms with E-state index in [1.165, 1.54) is 24.4 Å². The van der Waals surface area contributed by atoms with E-state index in [0.717, 1.165) is 0 Å². The van der Waals surface area contributed by atoms with Gasteiger partial charge in [-0.2, -0.15) is 5.10 Å². The highest BCUT2D eigenvalue weighted by Gasteiger charge is 2.21. The van der Waals surface area contributed by atoms with Crippen LogP contribution in [-0.4, -0.2) is 46.6 Å². The van der Waals surface area contributed by atoms with Gasteiger partial charge in [0, 0.05) is 31.2 Å². The minimum Gasteiger partial charge on any atom is -0.378 e. The molecule has 2 aromatic heterocycles. The van der Waals surface area contributed by atoms with Gasteiger partial charge in [0.05, 0.1) is 30.8 Å². The summed E-state index contributed by atoms with van der Waals surface area (Å²) >= 11 is 0. The zero-order valence-corrected chi connectivity index (χ0v) is 17.6. The molecule has 0 aliphatic carbocycles. The number of halogens is 2. The van der Waals surface area contributed by atoms with Gasteiger partial charge in [-0.15, -0.1) is 0 Å². The summed E-state index contributed by atoms with van der Waals surface area (Å²) in [6, 6.07) is 14.1. The number of hydrogen-bond donors (Lipinski definition) is 1. The van der Waals surface area contributed by atoms with Crippen LogP contribution in [0.25, 0.3) is 11.5 Å². The lowest BCUT2D eigenvalue weighted by Gasteiger charge is -2.29. The Morgan fingerprint density at radius 1 is 1.00 bits per heavy atom. The Morgan fingerprint density at radius 3 is 2.42 bits per heavy atom. The highest BCUT2D eigenvalue weighted by atomic mass is 19.1. The van der Waals surface area contributed by atoms with Crippen molar-refractivity contribution in [1.82, 2.24) is 14.3 Å². The van der Waals surface area contributed by atoms with Crippen LogP contribution in [0.1, 0.15) is 10.4 Å². The van der Waals surface area contributed by atoms with Crippen LogP contribution in [0.4, 0.5) is 20.2 Å². The quantitative estimate of drug-likeness (QED) is 0.500. The number of carbonyl (C=O) groups excluding carboxylic acids is 1. The molecule has 0 unspecified atom stereocenters. The Bertz CT molecular complexity index is 1260. The van der Waals surface area contributed by atoms with Gasteiger partial charge < -0.3 is 19.5 Å². The van der Waals surface area contributed by atoms with Crippen molar-refractivity contribution >= 4 is 17.3 Å². The molecule has 0 atom stereocenters. The van der Waals surface area contributed by atoms with Crippen molar-refractivity contribution in [3.63, 3.8) is 0 Å². The molecule has 1 N–H and O–H groups in total. The van der Waals surface area contributed by atoms with Gasteiger partial charge >= 0.3 is 0 Å². The number of amides is 1. The summed E-state index contributed by atoms with van der Waals surface area (Å²) in [4.78, 5) is 15.1. The third-order valence-electron chi connectivity index (χ3n) is 5.47. The monoisotopic (exact) mass is 449 g/mol. The van der Waals surface area contributed by atoms with E-state index in [0.29, 0.717) is 49.2 Å². The van der Waals surface area contributed by atoms with E-state index in [-0.39, 0.29) is 11.4 Å². The maximum Gasteiger partial charge on any atom is 0.261 e. The predicted molar refractivity (Wildman–Crippen MR) is 120 cm³/mol. The fourth-order valence-electron chi connectivity index (χ4n) is 3.84. The number of aromatic nitrogens is 3. The lowest BCUT2D eigenvalue weighted by atomic mass is 10.2. The molecule has 0 radical (unpaired) electrons. The Morgan fingerprint density at radius 2 is 1.73 bits per heavy atom. The van der Waals surface area contributed by atoms with Gasteiger partial charge in [0.25, 0.3) is 5.91 Å². The van der Waals surface area contributed by atoms with Crippen molar-refractivity contribution in [2.45, 2.75) is 0 Å². The standard InChI is InChI=1S/C24H21F2N5O2/c25-17-3-6-19(7-4-17)31-24(30-9-1-2-10-30)20(16-27-31)23(32)28-18-5-8-22(21(26)15-18)29-11-13-33-14-12-29/h1-10,15-16H,11-14H2,(H,28,32). The molecular formula is C24H21F2N5O2. The summed E-state index contributed by atoms with van der Waals surface area (Å²) < 4.78 is 36.8. The van der Waals surface area contributed by atoms with Crippen LogP contribution in [0.2, 0.25) is 0 Å². The molecular weight excluding hydrogens is 428 g/mol. The number of benzene rings is 2. The number of carbonyl (C=O) groups is 1. The Hall–Kier alpha value is -3.98. The lowest BCUT2D eigenvalue weighted by Crippen LogP contribution is -2.36. The number of morpholine rings is 1. The summed E-state index contributed by atoms with van der Waals surface area (Å²) in [5.41, 5.74) is 1.70. The molecule has 1 aliphatic heterocycles. The maximum atomic E-state index is 14.8. The smallest absolute Gasteiger partial charge is 0.261 e. The van der Waals surface area contributed by atoms with Gasteiger partial charge in [0.1, 0.15) is 17.2 Å². The van der Waals surface area contributed by atoms with Crippen molar-refractivity contribution in [1.29, 1.82) is 0 Å². The molecule has 0 bridgehead atoms. The van der Waals surface area contributed by atoms with E-state index >= 15 is 0 Å². The van der Waals surface area contributed by atoms with E-state index in [1.807, 2.05) is 17.0 Å². The van der Waals surface area contributed by atoms with E-state index in [9.17, 15) is 13.6 Å². The molecule has 2 aromatic carbocycles. The first-order valence-corrected chi connectivity index (χ1v) is 10.5. The maximum absolute atomic E-state index is 14.8. The largest absolute Gasteiger partial charge is 0.378 e. The van der Waals surface area contributed by atoms with E-state index < -0.39 is 11.7 Å². The Labute approximate surface area is 188 Å². The van der Waals surface area contributed by atoms with Crippen LogP contribution in [0, 0.1) is 11.6 Å². The molecule has 7 nitrogen and oxygen atoms in total. The van der Waals surface area contributed by atoms with Gasteiger partial charge in [0.15, 0.2) is 5.82 Å². The lowest BCUT2D eigenvalue weighted by molar-refractivity contribution is 0.102. The summed E-state index contributed by atoms with van der Waals surface area (Å²) in [5.74, 6) is -0.739. The molecule has 168 valence electrons. The SMILES string of the molecule is O=C(Nc1ccc(N2CCOCC2)c(F)c1)c1cnn(-c2ccc(F)cc2)c1-n1cccc1. The van der Waals surface area contributed by atoms with Crippen LogP contribution in [0.3, 0.4) is 0 Å². The van der Waals surface area contributed by atoms with Crippen molar-refractivity contribution in [2.24, 2.45) is 0 Å². The van der Waals surface area contributed by atoms with E-state index in [2.05, 4.69) is 10.4 Å². The number of rotatable bonds is 5. The third kappa shape index (κ3) is 4.22. The first-order chi connectivity index (χ1) is 16.1. The predicted octanol–water partition coefficient (Wildman–Crippen LogP) is 4.03. The molecule has 9 heteroatoms. The highest BCUT2D eigenvalue weighted by molar-refractivity contribution is 6.06. The van der Waals surface area contributed by atoms with E-state index in [4.69, 9.17) is 4.74 Å². The fourth-order valence-corrected chi connectivity index (χ4v) is 3.84. The van der Waals surface area contributed by atoms with Crippen molar-refractivity contribution < 1.29 is 18.3 Å². The van der Waals surface area contributed by atoms with E-state index in [1.54, 1.807) is 45.9 Å². The summed E-state index contributed by atoms with van der Waals surface area (Å²) in [6.07, 6.45) is 5.00. The minimum absolute atomic E-state index is 0.285. The van der Waals surface area contributed by atoms with Crippen LogP contribution < -0.4 is 10.2 Å². The number of hydrogen-bond acceptors (Lipinski definition) is 4. The Kier molecular flexibility index (Phi) is 5.62. The molecule has 3 heterocycles. The van der Waals surface area contributed by atoms with Gasteiger partial charge in [-0.25, -0.2) is 13.5 Å². The first-order valence-electron chi connectivity index (χ1n) is 10.5. The molecule has 5 rings (SSSR count). The second-order valence-electron chi connectivity index (χ2n) is 7.58. The molecule has 0 spiro atoms. The molecule has 33 heavy (non-hydrogen) atoms. The number of nitrogens with zero attached hydrogens (tertiary/aromatic N) is 4. The van der Waals surface area contributed by atoms with Gasteiger partial charge in [-0.05, 0) is 54.6 Å². The van der Waals surface area contributed by atoms with Crippen molar-refractivity contribution in [2.75, 3.05) is 36.5 Å².